The Labute approximate surface area is 198 Å². The zero-order valence-electron chi connectivity index (χ0n) is 17.7. The number of halogens is 1. The van der Waals surface area contributed by atoms with Crippen molar-refractivity contribution in [3.8, 4) is 5.75 Å². The third kappa shape index (κ3) is 6.39. The molecule has 6 heteroatoms. The van der Waals surface area contributed by atoms with Crippen molar-refractivity contribution >= 4 is 29.3 Å². The molecule has 0 radical (unpaired) electrons. The Morgan fingerprint density at radius 3 is 2.47 bits per heavy atom. The van der Waals surface area contributed by atoms with Gasteiger partial charge >= 0.3 is 5.97 Å². The number of carboxylic acid groups (broad SMARTS) is 1. The Balaban J connectivity index is 1.64. The van der Waals surface area contributed by atoms with Gasteiger partial charge in [-0.15, -0.1) is 6.58 Å². The quantitative estimate of drug-likeness (QED) is 0.321. The highest BCUT2D eigenvalue weighted by atomic mass is 35.5. The minimum absolute atomic E-state index is 0.201. The molecular formula is C26H26ClNO3S. The van der Waals surface area contributed by atoms with E-state index in [-0.39, 0.29) is 12.8 Å². The molecular weight excluding hydrogens is 442 g/mol. The van der Waals surface area contributed by atoms with Crippen LogP contribution in [0.3, 0.4) is 0 Å². The van der Waals surface area contributed by atoms with E-state index in [0.717, 1.165) is 26.7 Å². The van der Waals surface area contributed by atoms with Crippen molar-refractivity contribution in [1.29, 1.82) is 0 Å². The van der Waals surface area contributed by atoms with Crippen LogP contribution in [0.2, 0.25) is 5.02 Å². The van der Waals surface area contributed by atoms with Crippen molar-refractivity contribution in [3.05, 3.63) is 102 Å². The smallest absolute Gasteiger partial charge is 0.324 e. The maximum absolute atomic E-state index is 11.6. The normalized spacial score (nSPS) is 12.7. The molecule has 166 valence electrons. The second-order valence-corrected chi connectivity index (χ2v) is 9.02. The number of rotatable bonds is 11. The Morgan fingerprint density at radius 2 is 1.81 bits per heavy atom. The van der Waals surface area contributed by atoms with Gasteiger partial charge in [0.2, 0.25) is 0 Å². The number of aliphatic carboxylic acids is 1. The molecule has 0 amide bonds. The van der Waals surface area contributed by atoms with Crippen LogP contribution in [0, 0.1) is 0 Å². The Bertz CT molecular complexity index is 1060. The van der Waals surface area contributed by atoms with Gasteiger partial charge in [0.05, 0.1) is 5.02 Å². The van der Waals surface area contributed by atoms with Crippen LogP contribution in [0.15, 0.2) is 95.2 Å². The molecule has 0 aliphatic carbocycles. The number of aryl methyl sites for hydroxylation is 1. The summed E-state index contributed by atoms with van der Waals surface area (Å²) in [6, 6.07) is 23.7. The lowest BCUT2D eigenvalue weighted by molar-refractivity contribution is -0.143. The van der Waals surface area contributed by atoms with E-state index in [4.69, 9.17) is 22.1 Å². The number of hydrogen-bond donors (Lipinski definition) is 2. The maximum Gasteiger partial charge on any atom is 0.324 e. The molecule has 0 saturated carbocycles. The fourth-order valence-electron chi connectivity index (χ4n) is 3.21. The molecule has 4 nitrogen and oxygen atoms in total. The monoisotopic (exact) mass is 467 g/mol. The second kappa shape index (κ2) is 11.2. The van der Waals surface area contributed by atoms with Crippen molar-refractivity contribution in [2.45, 2.75) is 41.2 Å². The predicted molar refractivity (Wildman–Crippen MR) is 130 cm³/mol. The van der Waals surface area contributed by atoms with E-state index < -0.39 is 11.5 Å². The molecule has 3 aromatic carbocycles. The SMILES string of the molecule is C=CCC(N)(CCc1cccc(Sc2ccc(OCc3ccccc3)cc2)c1Cl)C(=O)O. The summed E-state index contributed by atoms with van der Waals surface area (Å²) >= 11 is 8.19. The topological polar surface area (TPSA) is 72.5 Å². The van der Waals surface area contributed by atoms with Crippen molar-refractivity contribution < 1.29 is 14.6 Å². The number of carboxylic acids is 1. The number of benzene rings is 3. The van der Waals surface area contributed by atoms with E-state index in [1.54, 1.807) is 11.8 Å². The van der Waals surface area contributed by atoms with Crippen molar-refractivity contribution in [2.24, 2.45) is 5.73 Å². The first-order valence-corrected chi connectivity index (χ1v) is 11.5. The molecule has 32 heavy (non-hydrogen) atoms. The van der Waals surface area contributed by atoms with Crippen molar-refractivity contribution in [1.82, 2.24) is 0 Å². The molecule has 0 aromatic heterocycles. The summed E-state index contributed by atoms with van der Waals surface area (Å²) in [6.07, 6.45) is 2.48. The lowest BCUT2D eigenvalue weighted by atomic mass is 9.89. The first kappa shape index (κ1) is 23.9. The van der Waals surface area contributed by atoms with Gasteiger partial charge in [-0.2, -0.15) is 0 Å². The first-order valence-electron chi connectivity index (χ1n) is 10.3. The van der Waals surface area contributed by atoms with E-state index in [1.165, 1.54) is 6.08 Å². The van der Waals surface area contributed by atoms with Crippen molar-refractivity contribution in [3.63, 3.8) is 0 Å². The average molecular weight is 468 g/mol. The van der Waals surface area contributed by atoms with Gasteiger partial charge < -0.3 is 15.6 Å². The minimum Gasteiger partial charge on any atom is -0.489 e. The highest BCUT2D eigenvalue weighted by Gasteiger charge is 2.32. The van der Waals surface area contributed by atoms with Crippen LogP contribution in [0.1, 0.15) is 24.0 Å². The molecule has 0 aliphatic heterocycles. The summed E-state index contributed by atoms with van der Waals surface area (Å²) in [5.74, 6) is -0.234. The molecule has 0 aliphatic rings. The second-order valence-electron chi connectivity index (χ2n) is 7.53. The van der Waals surface area contributed by atoms with Gasteiger partial charge in [0.25, 0.3) is 0 Å². The maximum atomic E-state index is 11.6. The molecule has 1 unspecified atom stereocenters. The van der Waals surface area contributed by atoms with Crippen LogP contribution in [0.25, 0.3) is 0 Å². The van der Waals surface area contributed by atoms with E-state index in [2.05, 4.69) is 6.58 Å². The highest BCUT2D eigenvalue weighted by Crippen LogP contribution is 2.36. The Kier molecular flexibility index (Phi) is 8.39. The summed E-state index contributed by atoms with van der Waals surface area (Å²) in [6.45, 7) is 4.13. The van der Waals surface area contributed by atoms with Crippen LogP contribution in [-0.4, -0.2) is 16.6 Å². The van der Waals surface area contributed by atoms with Crippen LogP contribution in [-0.2, 0) is 17.8 Å². The summed E-state index contributed by atoms with van der Waals surface area (Å²) in [7, 11) is 0. The Morgan fingerprint density at radius 1 is 1.09 bits per heavy atom. The summed E-state index contributed by atoms with van der Waals surface area (Å²) in [5.41, 5.74) is 6.70. The van der Waals surface area contributed by atoms with E-state index in [9.17, 15) is 9.90 Å². The van der Waals surface area contributed by atoms with Gasteiger partial charge in [0.15, 0.2) is 0 Å². The number of carbonyl (C=O) groups is 1. The molecule has 1 atom stereocenters. The fraction of sp³-hybridized carbons (Fsp3) is 0.192. The predicted octanol–water partition coefficient (Wildman–Crippen LogP) is 6.36. The Hall–Kier alpha value is -2.73. The van der Waals surface area contributed by atoms with E-state index >= 15 is 0 Å². The van der Waals surface area contributed by atoms with E-state index in [0.29, 0.717) is 18.1 Å². The molecule has 3 rings (SSSR count). The standard InChI is InChI=1S/C26H26ClNO3S/c1-2-16-26(28,25(29)30)17-15-20-9-6-10-23(24(20)27)32-22-13-11-21(12-14-22)31-18-19-7-4-3-5-8-19/h2-14H,1,15-18,28H2,(H,29,30). The molecule has 0 bridgehead atoms. The fourth-order valence-corrected chi connectivity index (χ4v) is 4.44. The molecule has 3 N–H and O–H groups in total. The first-order chi connectivity index (χ1) is 15.4. The lowest BCUT2D eigenvalue weighted by Gasteiger charge is -2.23. The molecule has 3 aromatic rings. The van der Waals surface area contributed by atoms with Crippen molar-refractivity contribution in [2.75, 3.05) is 0 Å². The summed E-state index contributed by atoms with van der Waals surface area (Å²) < 4.78 is 5.84. The van der Waals surface area contributed by atoms with Gasteiger partial charge in [0.1, 0.15) is 17.9 Å². The number of hydrogen-bond acceptors (Lipinski definition) is 4. The number of nitrogens with two attached hydrogens (primary N) is 1. The number of ether oxygens (including phenoxy) is 1. The van der Waals surface area contributed by atoms with E-state index in [1.807, 2.05) is 72.8 Å². The highest BCUT2D eigenvalue weighted by molar-refractivity contribution is 7.99. The van der Waals surface area contributed by atoms with Gasteiger partial charge in [-0.1, -0.05) is 71.9 Å². The van der Waals surface area contributed by atoms with Crippen LogP contribution in [0.4, 0.5) is 0 Å². The van der Waals surface area contributed by atoms with Gasteiger partial charge in [-0.05, 0) is 60.7 Å². The average Bonchev–Trinajstić information content (AvgIpc) is 2.80. The van der Waals surface area contributed by atoms with Crippen LogP contribution in [0.5, 0.6) is 5.75 Å². The summed E-state index contributed by atoms with van der Waals surface area (Å²) in [5, 5.41) is 10.1. The van der Waals surface area contributed by atoms with Gasteiger partial charge in [-0.3, -0.25) is 4.79 Å². The molecule has 0 spiro atoms. The van der Waals surface area contributed by atoms with Gasteiger partial charge in [-0.25, -0.2) is 0 Å². The lowest BCUT2D eigenvalue weighted by Crippen LogP contribution is -2.47. The molecule has 0 heterocycles. The largest absolute Gasteiger partial charge is 0.489 e. The summed E-state index contributed by atoms with van der Waals surface area (Å²) in [4.78, 5) is 13.5. The molecule has 0 saturated heterocycles. The van der Waals surface area contributed by atoms with Crippen LogP contribution < -0.4 is 10.5 Å². The zero-order valence-corrected chi connectivity index (χ0v) is 19.2. The third-order valence-electron chi connectivity index (χ3n) is 5.12. The zero-order chi connectivity index (χ0) is 23.0. The minimum atomic E-state index is -1.34. The third-order valence-corrected chi connectivity index (χ3v) is 6.74. The van der Waals surface area contributed by atoms with Gasteiger partial charge in [0, 0.05) is 9.79 Å². The van der Waals surface area contributed by atoms with Crippen LogP contribution >= 0.6 is 23.4 Å². The molecule has 0 fully saturated rings.